The van der Waals surface area contributed by atoms with Crippen molar-refractivity contribution in [1.82, 2.24) is 0 Å². The van der Waals surface area contributed by atoms with Gasteiger partial charge in [-0.3, -0.25) is 0 Å². The van der Waals surface area contributed by atoms with E-state index in [2.05, 4.69) is 18.7 Å². The predicted octanol–water partition coefficient (Wildman–Crippen LogP) is 5.45. The monoisotopic (exact) mass is 489 g/mol. The van der Waals surface area contributed by atoms with Gasteiger partial charge in [-0.25, -0.2) is 13.2 Å². The van der Waals surface area contributed by atoms with Crippen molar-refractivity contribution in [2.24, 2.45) is 5.41 Å². The van der Waals surface area contributed by atoms with Gasteiger partial charge in [0.2, 0.25) is 0 Å². The highest BCUT2D eigenvalue weighted by Crippen LogP contribution is 2.48. The molecule has 8 heteroatoms. The molecule has 0 fully saturated rings. The van der Waals surface area contributed by atoms with Gasteiger partial charge in [-0.05, 0) is 25.0 Å². The molecular weight excluding hydrogens is 454 g/mol. The first kappa shape index (κ1) is 25.9. The maximum Gasteiger partial charge on any atom is 0.341 e. The molecule has 0 unspecified atom stereocenters. The van der Waals surface area contributed by atoms with Crippen molar-refractivity contribution in [1.29, 1.82) is 0 Å². The van der Waals surface area contributed by atoms with Crippen molar-refractivity contribution in [3.8, 4) is 11.5 Å². The van der Waals surface area contributed by atoms with Crippen molar-refractivity contribution in [2.75, 3.05) is 30.9 Å². The number of fused-ring (bicyclic) bond motifs is 1. The van der Waals surface area contributed by atoms with E-state index in [9.17, 15) is 13.2 Å². The van der Waals surface area contributed by atoms with Gasteiger partial charge in [0.1, 0.15) is 0 Å². The van der Waals surface area contributed by atoms with Crippen molar-refractivity contribution in [2.45, 2.75) is 57.3 Å². The Morgan fingerprint density at radius 3 is 2.26 bits per heavy atom. The van der Waals surface area contributed by atoms with Gasteiger partial charge in [-0.1, -0.05) is 57.7 Å². The van der Waals surface area contributed by atoms with E-state index in [4.69, 9.17) is 14.6 Å². The van der Waals surface area contributed by atoms with E-state index in [0.717, 1.165) is 44.2 Å². The number of methoxy groups -OCH3 is 1. The van der Waals surface area contributed by atoms with E-state index >= 15 is 0 Å². The molecule has 2 aromatic carbocycles. The van der Waals surface area contributed by atoms with Gasteiger partial charge in [0.25, 0.3) is 0 Å². The van der Waals surface area contributed by atoms with E-state index in [1.54, 1.807) is 6.07 Å². The van der Waals surface area contributed by atoms with Crippen LogP contribution in [0.1, 0.15) is 52.4 Å². The highest BCUT2D eigenvalue weighted by atomic mass is 32.2. The molecule has 1 aliphatic heterocycles. The number of unbranched alkanes of at least 4 members (excludes halogenated alkanes) is 2. The van der Waals surface area contributed by atoms with Crippen LogP contribution in [-0.4, -0.2) is 45.5 Å². The number of carboxylic acids is 1. The molecule has 1 heterocycles. The molecule has 0 spiro atoms. The smallest absolute Gasteiger partial charge is 0.341 e. The molecule has 0 saturated carbocycles. The van der Waals surface area contributed by atoms with Crippen LogP contribution in [0.25, 0.3) is 0 Å². The van der Waals surface area contributed by atoms with Gasteiger partial charge in [0.05, 0.1) is 23.4 Å². The summed E-state index contributed by atoms with van der Waals surface area (Å²) in [5, 5.41) is 9.06. The Kier molecular flexibility index (Phi) is 8.47. The Bertz CT molecular complexity index is 1080. The number of para-hydroxylation sites is 1. The normalized spacial score (nSPS) is 16.4. The number of anilines is 2. The van der Waals surface area contributed by atoms with Crippen LogP contribution in [0.3, 0.4) is 0 Å². The van der Waals surface area contributed by atoms with E-state index in [0.29, 0.717) is 18.0 Å². The molecule has 0 bridgehead atoms. The minimum atomic E-state index is -3.70. The Morgan fingerprint density at radius 2 is 1.71 bits per heavy atom. The average molecular weight is 490 g/mol. The van der Waals surface area contributed by atoms with Crippen LogP contribution in [0.15, 0.2) is 47.4 Å². The van der Waals surface area contributed by atoms with Gasteiger partial charge in [-0.2, -0.15) is 0 Å². The molecule has 0 amide bonds. The minimum absolute atomic E-state index is 0.0427. The molecule has 0 atom stereocenters. The lowest BCUT2D eigenvalue weighted by molar-refractivity contribution is -0.139. The first-order valence-electron chi connectivity index (χ1n) is 11.9. The topological polar surface area (TPSA) is 93.1 Å². The Balaban J connectivity index is 2.23. The van der Waals surface area contributed by atoms with Crippen LogP contribution in [0.4, 0.5) is 11.4 Å². The van der Waals surface area contributed by atoms with E-state index < -0.39 is 27.8 Å². The summed E-state index contributed by atoms with van der Waals surface area (Å²) in [4.78, 5) is 13.3. The van der Waals surface area contributed by atoms with Crippen molar-refractivity contribution in [3.05, 3.63) is 42.5 Å². The second-order valence-corrected chi connectivity index (χ2v) is 11.0. The molecule has 186 valence electrons. The second kappa shape index (κ2) is 11.1. The van der Waals surface area contributed by atoms with Gasteiger partial charge in [0, 0.05) is 29.8 Å². The fourth-order valence-corrected chi connectivity index (χ4v) is 6.83. The molecule has 3 rings (SSSR count). The maximum atomic E-state index is 13.9. The minimum Gasteiger partial charge on any atom is -0.493 e. The lowest BCUT2D eigenvalue weighted by Crippen LogP contribution is -2.38. The molecule has 2 aromatic rings. The zero-order chi connectivity index (χ0) is 24.8. The van der Waals surface area contributed by atoms with Gasteiger partial charge in [-0.15, -0.1) is 0 Å². The Hall–Kier alpha value is -2.74. The Morgan fingerprint density at radius 1 is 1.06 bits per heavy atom. The molecule has 0 saturated heterocycles. The second-order valence-electron chi connectivity index (χ2n) is 9.04. The number of sulfone groups is 1. The fraction of sp³-hybridized carbons (Fsp3) is 0.500. The van der Waals surface area contributed by atoms with Crippen molar-refractivity contribution in [3.63, 3.8) is 0 Å². The van der Waals surface area contributed by atoms with Crippen molar-refractivity contribution < 1.29 is 27.8 Å². The Labute approximate surface area is 202 Å². The molecule has 0 aliphatic carbocycles. The third-order valence-corrected chi connectivity index (χ3v) is 8.39. The molecule has 1 N–H and O–H groups in total. The number of carbonyl (C=O) groups is 1. The van der Waals surface area contributed by atoms with E-state index in [1.165, 1.54) is 13.2 Å². The molecule has 1 aliphatic rings. The standard InChI is InChI=1S/C26H35NO6S/c1-4-6-13-26(14-7-5-2)18-27(20-11-9-8-10-12-20)21-15-22(32-3)23(33-17-25(28)29)16-24(21)34(30,31)19-26/h8-12,15-16H,4-7,13-14,17-19H2,1-3H3,(H,28,29). The summed E-state index contributed by atoms with van der Waals surface area (Å²) >= 11 is 0. The van der Waals surface area contributed by atoms with Gasteiger partial charge in [0.15, 0.2) is 27.9 Å². The number of benzene rings is 2. The number of nitrogens with zero attached hydrogens (tertiary/aromatic N) is 1. The zero-order valence-electron chi connectivity index (χ0n) is 20.2. The lowest BCUT2D eigenvalue weighted by atomic mass is 9.79. The van der Waals surface area contributed by atoms with E-state index in [-0.39, 0.29) is 16.4 Å². The average Bonchev–Trinajstić information content (AvgIpc) is 2.92. The fourth-order valence-electron chi connectivity index (χ4n) is 4.72. The number of aliphatic carboxylic acids is 1. The lowest BCUT2D eigenvalue weighted by Gasteiger charge is -2.37. The molecule has 0 radical (unpaired) electrons. The summed E-state index contributed by atoms with van der Waals surface area (Å²) in [5.74, 6) is -0.703. The molecule has 34 heavy (non-hydrogen) atoms. The molecule has 7 nitrogen and oxygen atoms in total. The third-order valence-electron chi connectivity index (χ3n) is 6.40. The molecular formula is C26H35NO6S. The predicted molar refractivity (Wildman–Crippen MR) is 133 cm³/mol. The highest BCUT2D eigenvalue weighted by molar-refractivity contribution is 7.91. The first-order valence-corrected chi connectivity index (χ1v) is 13.5. The molecule has 0 aromatic heterocycles. The van der Waals surface area contributed by atoms with Gasteiger partial charge >= 0.3 is 5.97 Å². The van der Waals surface area contributed by atoms with Crippen molar-refractivity contribution >= 4 is 27.2 Å². The number of ether oxygens (including phenoxy) is 2. The maximum absolute atomic E-state index is 13.9. The van der Waals surface area contributed by atoms with Crippen LogP contribution in [0, 0.1) is 5.41 Å². The SMILES string of the molecule is CCCCC1(CCCC)CN(c2ccccc2)c2cc(OC)c(OCC(=O)O)cc2S(=O)(=O)C1. The van der Waals surface area contributed by atoms with E-state index in [1.807, 2.05) is 30.3 Å². The number of hydrogen-bond acceptors (Lipinski definition) is 6. The number of hydrogen-bond donors (Lipinski definition) is 1. The zero-order valence-corrected chi connectivity index (χ0v) is 21.1. The number of carboxylic acid groups (broad SMARTS) is 1. The van der Waals surface area contributed by atoms with Crippen LogP contribution in [0.2, 0.25) is 0 Å². The summed E-state index contributed by atoms with van der Waals surface area (Å²) in [6.45, 7) is 4.23. The van der Waals surface area contributed by atoms with Gasteiger partial charge < -0.3 is 19.5 Å². The quantitative estimate of drug-likeness (QED) is 0.448. The largest absolute Gasteiger partial charge is 0.493 e. The summed E-state index contributed by atoms with van der Waals surface area (Å²) in [7, 11) is -2.24. The first-order chi connectivity index (χ1) is 16.2. The van der Waals surface area contributed by atoms with Crippen LogP contribution < -0.4 is 14.4 Å². The summed E-state index contributed by atoms with van der Waals surface area (Å²) < 4.78 is 38.6. The summed E-state index contributed by atoms with van der Waals surface area (Å²) in [6.07, 6.45) is 5.53. The van der Waals surface area contributed by atoms with Crippen LogP contribution >= 0.6 is 0 Å². The summed E-state index contributed by atoms with van der Waals surface area (Å²) in [5.41, 5.74) is 1.02. The summed E-state index contributed by atoms with van der Waals surface area (Å²) in [6, 6.07) is 12.9. The highest BCUT2D eigenvalue weighted by Gasteiger charge is 2.42. The number of rotatable bonds is 11. The van der Waals surface area contributed by atoms with Crippen LogP contribution in [0.5, 0.6) is 11.5 Å². The van der Waals surface area contributed by atoms with Crippen LogP contribution in [-0.2, 0) is 14.6 Å². The third kappa shape index (κ3) is 5.84.